The van der Waals surface area contributed by atoms with Crippen molar-refractivity contribution in [1.82, 2.24) is 5.32 Å². The van der Waals surface area contributed by atoms with E-state index in [4.69, 9.17) is 14.9 Å². The van der Waals surface area contributed by atoms with Gasteiger partial charge < -0.3 is 14.8 Å². The van der Waals surface area contributed by atoms with Crippen LogP contribution in [0.5, 0.6) is 0 Å². The lowest BCUT2D eigenvalue weighted by molar-refractivity contribution is 0.253. The molecule has 0 aliphatic heterocycles. The second-order valence-electron chi connectivity index (χ2n) is 3.18. The minimum Gasteiger partial charge on any atom is -0.483 e. The lowest BCUT2D eigenvalue weighted by atomic mass is 10.1. The van der Waals surface area contributed by atoms with Gasteiger partial charge in [0.05, 0.1) is 14.2 Å². The van der Waals surface area contributed by atoms with Crippen LogP contribution in [0.1, 0.15) is 11.6 Å². The molecule has 86 valence electrons. The largest absolute Gasteiger partial charge is 0.483 e. The number of hydrogen-bond donors (Lipinski definition) is 2. The third-order valence-corrected chi connectivity index (χ3v) is 2.17. The van der Waals surface area contributed by atoms with E-state index in [1.165, 1.54) is 14.2 Å². The van der Waals surface area contributed by atoms with Crippen molar-refractivity contribution in [2.24, 2.45) is 0 Å². The van der Waals surface area contributed by atoms with Crippen molar-refractivity contribution in [2.45, 2.75) is 6.04 Å². The predicted molar refractivity (Wildman–Crippen MR) is 63.2 cm³/mol. The van der Waals surface area contributed by atoms with Crippen LogP contribution in [0.4, 0.5) is 0 Å². The third-order valence-electron chi connectivity index (χ3n) is 2.17. The van der Waals surface area contributed by atoms with E-state index in [9.17, 15) is 0 Å². The Kier molecular flexibility index (Phi) is 4.39. The zero-order valence-electron chi connectivity index (χ0n) is 9.49. The zero-order valence-corrected chi connectivity index (χ0v) is 9.49. The first kappa shape index (κ1) is 12.1. The molecule has 0 aliphatic carbocycles. The highest BCUT2D eigenvalue weighted by Gasteiger charge is 2.17. The number of methoxy groups -OCH3 is 2. The quantitative estimate of drug-likeness (QED) is 0.453. The fraction of sp³-hybridized carbons (Fsp3) is 0.250. The molecule has 0 saturated heterocycles. The Bertz CT molecular complexity index is 363. The summed E-state index contributed by atoms with van der Waals surface area (Å²) in [5.41, 5.74) is 0.924. The van der Waals surface area contributed by atoms with Crippen molar-refractivity contribution in [2.75, 3.05) is 14.2 Å². The van der Waals surface area contributed by atoms with Crippen LogP contribution in [0, 0.1) is 5.41 Å². The van der Waals surface area contributed by atoms with Gasteiger partial charge in [0, 0.05) is 0 Å². The van der Waals surface area contributed by atoms with Crippen LogP contribution in [0.25, 0.3) is 0 Å². The summed E-state index contributed by atoms with van der Waals surface area (Å²) in [5.74, 6) is 0.514. The highest BCUT2D eigenvalue weighted by Crippen LogP contribution is 2.15. The van der Waals surface area contributed by atoms with Crippen LogP contribution in [-0.2, 0) is 9.47 Å². The average molecular weight is 220 g/mol. The van der Waals surface area contributed by atoms with Crippen molar-refractivity contribution in [3.63, 3.8) is 0 Å². The maximum atomic E-state index is 7.72. The van der Waals surface area contributed by atoms with E-state index in [0.717, 1.165) is 5.56 Å². The summed E-state index contributed by atoms with van der Waals surface area (Å²) in [6.07, 6.45) is 0. The topological polar surface area (TPSA) is 54.3 Å². The summed E-state index contributed by atoms with van der Waals surface area (Å²) in [5, 5.41) is 10.7. The van der Waals surface area contributed by atoms with Crippen molar-refractivity contribution in [3.05, 3.63) is 48.4 Å². The summed E-state index contributed by atoms with van der Waals surface area (Å²) < 4.78 is 9.88. The van der Waals surface area contributed by atoms with E-state index >= 15 is 0 Å². The predicted octanol–water partition coefficient (Wildman–Crippen LogP) is 2.06. The molecule has 0 saturated carbocycles. The second kappa shape index (κ2) is 5.80. The minimum atomic E-state index is -0.376. The van der Waals surface area contributed by atoms with E-state index < -0.39 is 0 Å². The van der Waals surface area contributed by atoms with Crippen LogP contribution in [0.3, 0.4) is 0 Å². The summed E-state index contributed by atoms with van der Waals surface area (Å²) in [7, 11) is 2.99. The van der Waals surface area contributed by atoms with E-state index in [1.54, 1.807) is 0 Å². The third kappa shape index (κ3) is 3.02. The van der Waals surface area contributed by atoms with E-state index in [2.05, 4.69) is 11.9 Å². The molecule has 1 aromatic carbocycles. The first-order chi connectivity index (χ1) is 7.69. The second-order valence-corrected chi connectivity index (χ2v) is 3.18. The molecule has 0 radical (unpaired) electrons. The Morgan fingerprint density at radius 3 is 2.38 bits per heavy atom. The van der Waals surface area contributed by atoms with E-state index in [0.29, 0.717) is 5.88 Å². The van der Waals surface area contributed by atoms with E-state index in [-0.39, 0.29) is 11.9 Å². The Labute approximate surface area is 95.4 Å². The molecular formula is C12H16N2O2. The fourth-order valence-corrected chi connectivity index (χ4v) is 1.28. The lowest BCUT2D eigenvalue weighted by Gasteiger charge is -2.20. The lowest BCUT2D eigenvalue weighted by Crippen LogP contribution is -2.28. The first-order valence-electron chi connectivity index (χ1n) is 4.86. The normalized spacial score (nSPS) is 11.4. The molecule has 1 rings (SSSR count). The van der Waals surface area contributed by atoms with Crippen LogP contribution < -0.4 is 5.32 Å². The van der Waals surface area contributed by atoms with Crippen LogP contribution >= 0.6 is 0 Å². The fourth-order valence-electron chi connectivity index (χ4n) is 1.28. The summed E-state index contributed by atoms with van der Waals surface area (Å²) in [6, 6.07) is 9.17. The molecular weight excluding hydrogens is 204 g/mol. The maximum absolute atomic E-state index is 7.72. The van der Waals surface area contributed by atoms with Crippen LogP contribution in [0.15, 0.2) is 42.8 Å². The Balaban J connectivity index is 2.88. The molecule has 0 amide bonds. The van der Waals surface area contributed by atoms with Crippen molar-refractivity contribution < 1.29 is 9.47 Å². The molecule has 0 heterocycles. The van der Waals surface area contributed by atoms with Gasteiger partial charge in [-0.2, -0.15) is 0 Å². The van der Waals surface area contributed by atoms with Crippen molar-refractivity contribution >= 4 is 5.90 Å². The highest BCUT2D eigenvalue weighted by atomic mass is 16.5. The Morgan fingerprint density at radius 2 is 1.88 bits per heavy atom. The Hall–Kier alpha value is -1.97. The zero-order chi connectivity index (χ0) is 12.0. The minimum absolute atomic E-state index is 0.115. The van der Waals surface area contributed by atoms with Gasteiger partial charge in [-0.1, -0.05) is 30.3 Å². The van der Waals surface area contributed by atoms with Gasteiger partial charge in [0.1, 0.15) is 6.04 Å². The molecule has 0 spiro atoms. The number of rotatable bonds is 5. The summed E-state index contributed by atoms with van der Waals surface area (Å²) in [6.45, 7) is 3.67. The van der Waals surface area contributed by atoms with Crippen LogP contribution in [-0.4, -0.2) is 20.1 Å². The summed E-state index contributed by atoms with van der Waals surface area (Å²) in [4.78, 5) is 0. The number of hydrogen-bond acceptors (Lipinski definition) is 4. The molecule has 0 bridgehead atoms. The van der Waals surface area contributed by atoms with Gasteiger partial charge in [-0.3, -0.25) is 5.41 Å². The molecule has 0 unspecified atom stereocenters. The van der Waals surface area contributed by atoms with Gasteiger partial charge in [0.2, 0.25) is 5.90 Å². The van der Waals surface area contributed by atoms with E-state index in [1.807, 2.05) is 30.3 Å². The molecule has 0 aliphatic rings. The van der Waals surface area contributed by atoms with Gasteiger partial charge >= 0.3 is 0 Å². The number of ether oxygens (including phenoxy) is 2. The van der Waals surface area contributed by atoms with Gasteiger partial charge in [-0.25, -0.2) is 0 Å². The molecule has 4 heteroatoms. The van der Waals surface area contributed by atoms with Gasteiger partial charge in [0.15, 0.2) is 5.88 Å². The smallest absolute Gasteiger partial charge is 0.208 e. The van der Waals surface area contributed by atoms with Gasteiger partial charge in [-0.05, 0) is 12.1 Å². The molecule has 4 nitrogen and oxygen atoms in total. The molecule has 0 aromatic heterocycles. The van der Waals surface area contributed by atoms with Crippen LogP contribution in [0.2, 0.25) is 0 Å². The molecule has 2 N–H and O–H groups in total. The van der Waals surface area contributed by atoms with Crippen molar-refractivity contribution in [3.8, 4) is 0 Å². The average Bonchev–Trinajstić information content (AvgIpc) is 2.35. The van der Waals surface area contributed by atoms with Gasteiger partial charge in [-0.15, -0.1) is 0 Å². The molecule has 1 atom stereocenters. The molecule has 16 heavy (non-hydrogen) atoms. The Morgan fingerprint density at radius 1 is 1.25 bits per heavy atom. The number of nitrogens with one attached hydrogen (secondary N) is 2. The number of benzene rings is 1. The SMILES string of the molecule is C=C(N[C@@H](C(=N)OC)c1ccccc1)OC. The highest BCUT2D eigenvalue weighted by molar-refractivity contribution is 5.80. The standard InChI is InChI=1S/C12H16N2O2/c1-9(15-2)14-11(12(13)16-3)10-7-5-4-6-8-10/h4-8,11,13-14H,1H2,2-3H3/t11-/m1/s1. The first-order valence-corrected chi connectivity index (χ1v) is 4.86. The molecule has 1 aromatic rings. The summed E-state index contributed by atoms with van der Waals surface area (Å²) >= 11 is 0. The maximum Gasteiger partial charge on any atom is 0.208 e. The van der Waals surface area contributed by atoms with Gasteiger partial charge in [0.25, 0.3) is 0 Å². The monoisotopic (exact) mass is 220 g/mol. The van der Waals surface area contributed by atoms with Crippen molar-refractivity contribution in [1.29, 1.82) is 5.41 Å². The molecule has 0 fully saturated rings.